The maximum atomic E-state index is 9.37. The van der Waals surface area contributed by atoms with Crippen LogP contribution in [0, 0.1) is 11.3 Å². The van der Waals surface area contributed by atoms with E-state index in [1.165, 1.54) is 6.07 Å². The van der Waals surface area contributed by atoms with E-state index in [0.717, 1.165) is 5.69 Å². The Kier molecular flexibility index (Phi) is 2.98. The van der Waals surface area contributed by atoms with Gasteiger partial charge in [0.05, 0.1) is 18.2 Å². The van der Waals surface area contributed by atoms with Crippen LogP contribution in [0.3, 0.4) is 0 Å². The van der Waals surface area contributed by atoms with E-state index in [0.29, 0.717) is 29.1 Å². The van der Waals surface area contributed by atoms with Gasteiger partial charge in [0.1, 0.15) is 11.3 Å². The molecule has 0 unspecified atom stereocenters. The SMILES string of the molecule is N#Cc1ccc(NCc2nc3ccc(O)cc3o2)cc1. The summed E-state index contributed by atoms with van der Waals surface area (Å²) in [6.45, 7) is 0.432. The first kappa shape index (κ1) is 12.1. The first-order valence-electron chi connectivity index (χ1n) is 6.07. The van der Waals surface area contributed by atoms with Crippen molar-refractivity contribution in [2.24, 2.45) is 0 Å². The zero-order chi connectivity index (χ0) is 13.9. The molecular formula is C15H11N3O2. The highest BCUT2D eigenvalue weighted by atomic mass is 16.3. The van der Waals surface area contributed by atoms with E-state index in [1.807, 2.05) is 12.1 Å². The van der Waals surface area contributed by atoms with Gasteiger partial charge in [-0.1, -0.05) is 0 Å². The van der Waals surface area contributed by atoms with E-state index in [2.05, 4.69) is 16.4 Å². The molecule has 0 atom stereocenters. The van der Waals surface area contributed by atoms with E-state index in [-0.39, 0.29) is 5.75 Å². The van der Waals surface area contributed by atoms with E-state index in [4.69, 9.17) is 9.68 Å². The molecule has 0 bridgehead atoms. The van der Waals surface area contributed by atoms with Crippen molar-refractivity contribution in [2.45, 2.75) is 6.54 Å². The van der Waals surface area contributed by atoms with Gasteiger partial charge in [-0.05, 0) is 36.4 Å². The van der Waals surface area contributed by atoms with Crippen LogP contribution < -0.4 is 5.32 Å². The molecule has 3 aromatic rings. The van der Waals surface area contributed by atoms with E-state index in [1.54, 1.807) is 24.3 Å². The summed E-state index contributed by atoms with van der Waals surface area (Å²) in [5.41, 5.74) is 2.77. The van der Waals surface area contributed by atoms with Gasteiger partial charge in [0.15, 0.2) is 5.58 Å². The Morgan fingerprint density at radius 2 is 2.00 bits per heavy atom. The van der Waals surface area contributed by atoms with E-state index >= 15 is 0 Å². The molecule has 98 valence electrons. The van der Waals surface area contributed by atoms with Crippen molar-refractivity contribution < 1.29 is 9.52 Å². The zero-order valence-electron chi connectivity index (χ0n) is 10.5. The largest absolute Gasteiger partial charge is 0.508 e. The van der Waals surface area contributed by atoms with Crippen molar-refractivity contribution in [1.29, 1.82) is 5.26 Å². The molecule has 0 aliphatic rings. The van der Waals surface area contributed by atoms with Crippen molar-refractivity contribution in [3.63, 3.8) is 0 Å². The number of aromatic hydroxyl groups is 1. The predicted molar refractivity (Wildman–Crippen MR) is 74.2 cm³/mol. The molecular weight excluding hydrogens is 254 g/mol. The lowest BCUT2D eigenvalue weighted by Gasteiger charge is -2.02. The van der Waals surface area contributed by atoms with Gasteiger partial charge in [-0.3, -0.25) is 0 Å². The molecule has 0 saturated heterocycles. The quantitative estimate of drug-likeness (QED) is 0.760. The summed E-state index contributed by atoms with van der Waals surface area (Å²) >= 11 is 0. The van der Waals surface area contributed by atoms with Crippen molar-refractivity contribution in [1.82, 2.24) is 4.98 Å². The Morgan fingerprint density at radius 3 is 2.75 bits per heavy atom. The first-order valence-corrected chi connectivity index (χ1v) is 6.07. The molecule has 0 aliphatic heterocycles. The Bertz CT molecular complexity index is 785. The molecule has 0 radical (unpaired) electrons. The molecule has 5 nitrogen and oxygen atoms in total. The first-order chi connectivity index (χ1) is 9.74. The number of hydrogen-bond donors (Lipinski definition) is 2. The summed E-state index contributed by atoms with van der Waals surface area (Å²) in [4.78, 5) is 4.31. The summed E-state index contributed by atoms with van der Waals surface area (Å²) in [5.74, 6) is 0.690. The lowest BCUT2D eigenvalue weighted by atomic mass is 10.2. The second-order valence-corrected chi connectivity index (χ2v) is 4.30. The highest BCUT2D eigenvalue weighted by molar-refractivity contribution is 5.74. The van der Waals surface area contributed by atoms with Gasteiger partial charge < -0.3 is 14.8 Å². The third kappa shape index (κ3) is 2.40. The average Bonchev–Trinajstić information content (AvgIpc) is 2.87. The second kappa shape index (κ2) is 4.94. The third-order valence-electron chi connectivity index (χ3n) is 2.87. The van der Waals surface area contributed by atoms with Gasteiger partial charge in [-0.2, -0.15) is 5.26 Å². The minimum absolute atomic E-state index is 0.153. The van der Waals surface area contributed by atoms with Crippen LogP contribution in [0.15, 0.2) is 46.9 Å². The third-order valence-corrected chi connectivity index (χ3v) is 2.87. The highest BCUT2D eigenvalue weighted by Crippen LogP contribution is 2.21. The van der Waals surface area contributed by atoms with Crippen LogP contribution in [0.2, 0.25) is 0 Å². The van der Waals surface area contributed by atoms with Gasteiger partial charge in [-0.15, -0.1) is 0 Å². The Morgan fingerprint density at radius 1 is 1.20 bits per heavy atom. The minimum Gasteiger partial charge on any atom is -0.508 e. The van der Waals surface area contributed by atoms with Gasteiger partial charge in [0, 0.05) is 11.8 Å². The van der Waals surface area contributed by atoms with Gasteiger partial charge in [0.2, 0.25) is 5.89 Å². The monoisotopic (exact) mass is 265 g/mol. The number of nitriles is 1. The number of nitrogens with zero attached hydrogens (tertiary/aromatic N) is 2. The number of anilines is 1. The summed E-state index contributed by atoms with van der Waals surface area (Å²) in [6, 6.07) is 14.0. The highest BCUT2D eigenvalue weighted by Gasteiger charge is 2.06. The number of fused-ring (bicyclic) bond motifs is 1. The van der Waals surface area contributed by atoms with Crippen LogP contribution in [-0.2, 0) is 6.54 Å². The van der Waals surface area contributed by atoms with Crippen LogP contribution in [0.4, 0.5) is 5.69 Å². The average molecular weight is 265 g/mol. The lowest BCUT2D eigenvalue weighted by Crippen LogP contribution is -1.99. The van der Waals surface area contributed by atoms with Gasteiger partial charge in [0.25, 0.3) is 0 Å². The smallest absolute Gasteiger partial charge is 0.214 e. The van der Waals surface area contributed by atoms with Crippen LogP contribution in [0.5, 0.6) is 5.75 Å². The summed E-state index contributed by atoms with van der Waals surface area (Å²) < 4.78 is 5.53. The van der Waals surface area contributed by atoms with E-state index < -0.39 is 0 Å². The van der Waals surface area contributed by atoms with Crippen molar-refractivity contribution in [3.05, 3.63) is 53.9 Å². The van der Waals surface area contributed by atoms with Gasteiger partial charge >= 0.3 is 0 Å². The normalized spacial score (nSPS) is 10.3. The van der Waals surface area contributed by atoms with Crippen LogP contribution in [-0.4, -0.2) is 10.1 Å². The maximum Gasteiger partial charge on any atom is 0.214 e. The summed E-state index contributed by atoms with van der Waals surface area (Å²) in [6.07, 6.45) is 0. The second-order valence-electron chi connectivity index (χ2n) is 4.30. The standard InChI is InChI=1S/C15H11N3O2/c16-8-10-1-3-11(4-2-10)17-9-15-18-13-6-5-12(19)7-14(13)20-15/h1-7,17,19H,9H2. The molecule has 0 spiro atoms. The minimum atomic E-state index is 0.153. The molecule has 0 amide bonds. The molecule has 3 rings (SSSR count). The fraction of sp³-hybridized carbons (Fsp3) is 0.0667. The molecule has 1 heterocycles. The van der Waals surface area contributed by atoms with Crippen molar-refractivity contribution in [2.75, 3.05) is 5.32 Å². The maximum absolute atomic E-state index is 9.37. The van der Waals surface area contributed by atoms with Crippen molar-refractivity contribution in [3.8, 4) is 11.8 Å². The number of hydrogen-bond acceptors (Lipinski definition) is 5. The number of aromatic nitrogens is 1. The molecule has 20 heavy (non-hydrogen) atoms. The number of phenols is 1. The predicted octanol–water partition coefficient (Wildman–Crippen LogP) is 3.02. The van der Waals surface area contributed by atoms with Crippen LogP contribution in [0.1, 0.15) is 11.5 Å². The Labute approximate surface area is 115 Å². The van der Waals surface area contributed by atoms with Crippen LogP contribution in [0.25, 0.3) is 11.1 Å². The number of rotatable bonds is 3. The molecule has 0 aliphatic carbocycles. The number of phenolic OH excluding ortho intramolecular Hbond substituents is 1. The zero-order valence-corrected chi connectivity index (χ0v) is 10.5. The number of benzene rings is 2. The fourth-order valence-electron chi connectivity index (χ4n) is 1.88. The number of nitrogens with one attached hydrogen (secondary N) is 1. The van der Waals surface area contributed by atoms with E-state index in [9.17, 15) is 5.11 Å². The van der Waals surface area contributed by atoms with Crippen LogP contribution >= 0.6 is 0 Å². The van der Waals surface area contributed by atoms with Crippen molar-refractivity contribution >= 4 is 16.8 Å². The Balaban J connectivity index is 1.74. The Hall–Kier alpha value is -3.00. The molecule has 1 aromatic heterocycles. The lowest BCUT2D eigenvalue weighted by molar-refractivity contribution is 0.473. The summed E-state index contributed by atoms with van der Waals surface area (Å²) in [5, 5.41) is 21.3. The summed E-state index contributed by atoms with van der Waals surface area (Å²) in [7, 11) is 0. The van der Waals surface area contributed by atoms with Gasteiger partial charge in [-0.25, -0.2) is 4.98 Å². The molecule has 2 aromatic carbocycles. The topological polar surface area (TPSA) is 82.1 Å². The molecule has 0 fully saturated rings. The molecule has 5 heteroatoms. The molecule has 2 N–H and O–H groups in total. The fourth-order valence-corrected chi connectivity index (χ4v) is 1.88. The number of oxazole rings is 1. The molecule has 0 saturated carbocycles.